The van der Waals surface area contributed by atoms with Crippen molar-refractivity contribution in [3.8, 4) is 10.6 Å². The van der Waals surface area contributed by atoms with Crippen molar-refractivity contribution >= 4 is 23.2 Å². The molecule has 2 aromatic rings. The Balaban J connectivity index is 1.79. The second kappa shape index (κ2) is 5.53. The van der Waals surface area contributed by atoms with Gasteiger partial charge in [0.2, 0.25) is 0 Å². The van der Waals surface area contributed by atoms with Crippen LogP contribution in [-0.4, -0.2) is 27.5 Å². The van der Waals surface area contributed by atoms with Crippen molar-refractivity contribution in [2.75, 3.05) is 0 Å². The molecule has 0 saturated heterocycles. The number of benzene rings is 1. The average Bonchev–Trinajstić information content (AvgIpc) is 3.25. The summed E-state index contributed by atoms with van der Waals surface area (Å²) in [5.41, 5.74) is -0.261. The van der Waals surface area contributed by atoms with Crippen molar-refractivity contribution in [3.05, 3.63) is 41.4 Å². The molecule has 1 aliphatic rings. The van der Waals surface area contributed by atoms with E-state index in [-0.39, 0.29) is 11.8 Å². The second-order valence-electron chi connectivity index (χ2n) is 5.63. The molecule has 1 atom stereocenters. The maximum Gasteiger partial charge on any atom is 0.329 e. The van der Waals surface area contributed by atoms with Gasteiger partial charge in [0.25, 0.3) is 5.91 Å². The molecule has 1 heterocycles. The lowest BCUT2D eigenvalue weighted by molar-refractivity contribution is -0.144. The third-order valence-corrected chi connectivity index (χ3v) is 5.01. The Hall–Kier alpha value is -2.21. The minimum absolute atomic E-state index is 0.00969. The summed E-state index contributed by atoms with van der Waals surface area (Å²) in [6, 6.07) is 9.58. The summed E-state index contributed by atoms with van der Waals surface area (Å²) in [4.78, 5) is 28.5. The quantitative estimate of drug-likeness (QED) is 0.889. The molecule has 1 saturated carbocycles. The molecule has 1 aliphatic carbocycles. The maximum absolute atomic E-state index is 12.3. The molecule has 114 valence electrons. The number of carbonyl (C=O) groups is 2. The summed E-state index contributed by atoms with van der Waals surface area (Å²) < 4.78 is 0. The van der Waals surface area contributed by atoms with Gasteiger partial charge >= 0.3 is 5.97 Å². The van der Waals surface area contributed by atoms with Crippen molar-refractivity contribution in [2.24, 2.45) is 5.92 Å². The minimum Gasteiger partial charge on any atom is -0.480 e. The molecule has 6 heteroatoms. The van der Waals surface area contributed by atoms with Crippen molar-refractivity contribution in [1.29, 1.82) is 0 Å². The number of aliphatic carboxylic acids is 1. The first-order valence-corrected chi connectivity index (χ1v) is 7.89. The van der Waals surface area contributed by atoms with E-state index < -0.39 is 11.5 Å². The molecule has 1 unspecified atom stereocenters. The fourth-order valence-corrected chi connectivity index (χ4v) is 3.20. The molecule has 3 rings (SSSR count). The number of nitrogens with zero attached hydrogens (tertiary/aromatic N) is 1. The molecule has 0 radical (unpaired) electrons. The Morgan fingerprint density at radius 2 is 2.00 bits per heavy atom. The van der Waals surface area contributed by atoms with Crippen LogP contribution >= 0.6 is 11.3 Å². The number of rotatable bonds is 5. The van der Waals surface area contributed by atoms with Crippen LogP contribution in [0.4, 0.5) is 0 Å². The highest BCUT2D eigenvalue weighted by molar-refractivity contribution is 7.16. The summed E-state index contributed by atoms with van der Waals surface area (Å²) in [6.07, 6.45) is 3.17. The zero-order chi connectivity index (χ0) is 15.7. The molecule has 0 aliphatic heterocycles. The van der Waals surface area contributed by atoms with Gasteiger partial charge in [-0.2, -0.15) is 0 Å². The molecule has 2 N–H and O–H groups in total. The first kappa shape index (κ1) is 14.7. The van der Waals surface area contributed by atoms with Crippen LogP contribution in [-0.2, 0) is 4.79 Å². The fourth-order valence-electron chi connectivity index (χ4n) is 2.38. The van der Waals surface area contributed by atoms with E-state index in [9.17, 15) is 14.7 Å². The lowest BCUT2D eigenvalue weighted by Crippen LogP contribution is -2.53. The molecular weight excluding hydrogens is 300 g/mol. The predicted molar refractivity (Wildman–Crippen MR) is 83.8 cm³/mol. The van der Waals surface area contributed by atoms with Crippen LogP contribution in [0, 0.1) is 5.92 Å². The highest BCUT2D eigenvalue weighted by Crippen LogP contribution is 2.40. The molecule has 1 fully saturated rings. The van der Waals surface area contributed by atoms with Crippen LogP contribution in [0.3, 0.4) is 0 Å². The zero-order valence-corrected chi connectivity index (χ0v) is 12.9. The smallest absolute Gasteiger partial charge is 0.329 e. The predicted octanol–water partition coefficient (Wildman–Crippen LogP) is 2.79. The van der Waals surface area contributed by atoms with Gasteiger partial charge in [-0.3, -0.25) is 4.79 Å². The lowest BCUT2D eigenvalue weighted by Gasteiger charge is -2.25. The number of thiazole rings is 1. The molecule has 5 nitrogen and oxygen atoms in total. The second-order valence-corrected chi connectivity index (χ2v) is 6.66. The number of carboxylic acids is 1. The summed E-state index contributed by atoms with van der Waals surface area (Å²) in [5, 5.41) is 12.8. The summed E-state index contributed by atoms with van der Waals surface area (Å²) in [7, 11) is 0. The van der Waals surface area contributed by atoms with E-state index >= 15 is 0 Å². The highest BCUT2D eigenvalue weighted by Gasteiger charge is 2.48. The third-order valence-electron chi connectivity index (χ3n) is 3.96. The molecule has 1 aromatic heterocycles. The van der Waals surface area contributed by atoms with Gasteiger partial charge < -0.3 is 10.4 Å². The van der Waals surface area contributed by atoms with Crippen LogP contribution in [0.15, 0.2) is 36.5 Å². The number of carbonyl (C=O) groups excluding carboxylic acids is 1. The van der Waals surface area contributed by atoms with Gasteiger partial charge in [-0.15, -0.1) is 11.3 Å². The number of nitrogens with one attached hydrogen (secondary N) is 1. The number of carboxylic acid groups (broad SMARTS) is 1. The van der Waals surface area contributed by atoms with Gasteiger partial charge in [0.05, 0.1) is 6.20 Å². The van der Waals surface area contributed by atoms with Crippen LogP contribution in [0.2, 0.25) is 0 Å². The molecule has 0 bridgehead atoms. The number of amides is 1. The molecule has 22 heavy (non-hydrogen) atoms. The Kier molecular flexibility index (Phi) is 3.70. The molecular formula is C16H16N2O3S. The maximum atomic E-state index is 12.3. The zero-order valence-electron chi connectivity index (χ0n) is 12.1. The van der Waals surface area contributed by atoms with E-state index in [2.05, 4.69) is 10.3 Å². The number of aromatic nitrogens is 1. The first-order valence-electron chi connectivity index (χ1n) is 7.08. The van der Waals surface area contributed by atoms with Gasteiger partial charge in [-0.05, 0) is 25.7 Å². The average molecular weight is 316 g/mol. The minimum atomic E-state index is -1.20. The van der Waals surface area contributed by atoms with E-state index in [1.165, 1.54) is 17.5 Å². The van der Waals surface area contributed by atoms with E-state index in [1.54, 1.807) is 6.92 Å². The largest absolute Gasteiger partial charge is 0.480 e. The summed E-state index contributed by atoms with van der Waals surface area (Å²) in [6.45, 7) is 1.57. The van der Waals surface area contributed by atoms with Crippen molar-refractivity contribution < 1.29 is 14.7 Å². The standard InChI is InChI=1S/C16H16N2O3S/c1-16(15(20)21,11-7-8-11)18-13(19)12-9-17-14(22-12)10-5-3-2-4-6-10/h2-6,9,11H,7-8H2,1H3,(H,18,19)(H,20,21). The SMILES string of the molecule is CC(NC(=O)c1cnc(-c2ccccc2)s1)(C(=O)O)C1CC1. The van der Waals surface area contributed by atoms with Crippen molar-refractivity contribution in [2.45, 2.75) is 25.3 Å². The number of hydrogen-bond donors (Lipinski definition) is 2. The Morgan fingerprint density at radius 1 is 1.32 bits per heavy atom. The van der Waals surface area contributed by atoms with Crippen LogP contribution in [0.25, 0.3) is 10.6 Å². The van der Waals surface area contributed by atoms with Crippen LogP contribution in [0.1, 0.15) is 29.4 Å². The van der Waals surface area contributed by atoms with Gasteiger partial charge in [-0.25, -0.2) is 9.78 Å². The Morgan fingerprint density at radius 3 is 2.59 bits per heavy atom. The van der Waals surface area contributed by atoms with E-state index in [1.807, 2.05) is 30.3 Å². The van der Waals surface area contributed by atoms with E-state index in [0.29, 0.717) is 4.88 Å². The lowest BCUT2D eigenvalue weighted by atomic mass is 9.96. The van der Waals surface area contributed by atoms with Crippen LogP contribution in [0.5, 0.6) is 0 Å². The van der Waals surface area contributed by atoms with Gasteiger partial charge in [0.15, 0.2) is 0 Å². The van der Waals surface area contributed by atoms with Gasteiger partial charge in [0, 0.05) is 5.56 Å². The molecule has 1 aromatic carbocycles. The topological polar surface area (TPSA) is 79.3 Å². The van der Waals surface area contributed by atoms with Gasteiger partial charge in [-0.1, -0.05) is 30.3 Å². The monoisotopic (exact) mass is 316 g/mol. The summed E-state index contributed by atoms with van der Waals surface area (Å²) in [5.74, 6) is -1.36. The van der Waals surface area contributed by atoms with E-state index in [0.717, 1.165) is 23.4 Å². The van der Waals surface area contributed by atoms with E-state index in [4.69, 9.17) is 0 Å². The number of hydrogen-bond acceptors (Lipinski definition) is 4. The first-order chi connectivity index (χ1) is 10.5. The third kappa shape index (κ3) is 2.74. The Labute approximate surface area is 132 Å². The van der Waals surface area contributed by atoms with Crippen molar-refractivity contribution in [3.63, 3.8) is 0 Å². The molecule has 1 amide bonds. The van der Waals surface area contributed by atoms with Gasteiger partial charge in [0.1, 0.15) is 15.4 Å². The molecule has 0 spiro atoms. The normalized spacial score (nSPS) is 16.8. The summed E-state index contributed by atoms with van der Waals surface area (Å²) >= 11 is 1.26. The van der Waals surface area contributed by atoms with Crippen molar-refractivity contribution in [1.82, 2.24) is 10.3 Å². The highest BCUT2D eigenvalue weighted by atomic mass is 32.1. The van der Waals surface area contributed by atoms with Crippen LogP contribution < -0.4 is 5.32 Å². The fraction of sp³-hybridized carbons (Fsp3) is 0.312. The Bertz CT molecular complexity index is 709.